The van der Waals surface area contributed by atoms with Gasteiger partial charge in [-0.15, -0.1) is 0 Å². The van der Waals surface area contributed by atoms with Crippen LogP contribution in [0.3, 0.4) is 0 Å². The van der Waals surface area contributed by atoms with Crippen LogP contribution >= 0.6 is 0 Å². The van der Waals surface area contributed by atoms with Crippen LogP contribution in [0.5, 0.6) is 0 Å². The summed E-state index contributed by atoms with van der Waals surface area (Å²) in [5, 5.41) is 17.2. The van der Waals surface area contributed by atoms with Gasteiger partial charge in [-0.3, -0.25) is 0 Å². The lowest BCUT2D eigenvalue weighted by atomic mass is 9.97. The van der Waals surface area contributed by atoms with Gasteiger partial charge in [-0.25, -0.2) is 9.59 Å². The first-order valence-electron chi connectivity index (χ1n) is 6.03. The fourth-order valence-corrected chi connectivity index (χ4v) is 1.90. The number of carboxylic acids is 1. The van der Waals surface area contributed by atoms with Gasteiger partial charge in [0.05, 0.1) is 25.6 Å². The zero-order chi connectivity index (χ0) is 14.6. The molecule has 0 aromatic heterocycles. The van der Waals surface area contributed by atoms with Gasteiger partial charge in [0.15, 0.2) is 0 Å². The molecule has 1 aliphatic rings. The van der Waals surface area contributed by atoms with Gasteiger partial charge in [-0.1, -0.05) is 0 Å². The van der Waals surface area contributed by atoms with Gasteiger partial charge in [0.25, 0.3) is 0 Å². The van der Waals surface area contributed by atoms with E-state index < -0.39 is 11.6 Å². The number of ether oxygens (including phenoxy) is 1. The zero-order valence-electron chi connectivity index (χ0n) is 11.4. The van der Waals surface area contributed by atoms with E-state index in [0.717, 1.165) is 0 Å². The number of hydrogen-bond acceptors (Lipinski definition) is 4. The number of carbonyl (C=O) groups excluding carboxylic acids is 1. The van der Waals surface area contributed by atoms with Crippen molar-refractivity contribution in [3.8, 4) is 6.07 Å². The first-order chi connectivity index (χ1) is 8.79. The Hall–Kier alpha value is -1.81. The number of likely N-dealkylation sites (tertiary alicyclic amines) is 1. The van der Waals surface area contributed by atoms with Crippen molar-refractivity contribution < 1.29 is 19.4 Å². The summed E-state index contributed by atoms with van der Waals surface area (Å²) in [5.41, 5.74) is -0.590. The molecule has 0 radical (unpaired) electrons. The number of nitrogens with zero attached hydrogens (tertiary/aromatic N) is 3. The van der Waals surface area contributed by atoms with Crippen molar-refractivity contribution >= 4 is 12.0 Å². The quantitative estimate of drug-likeness (QED) is 0.785. The third-order valence-corrected chi connectivity index (χ3v) is 3.21. The molecule has 1 saturated heterocycles. The lowest BCUT2D eigenvalue weighted by molar-refractivity contribution is -0.160. The molecule has 1 aliphatic heterocycles. The summed E-state index contributed by atoms with van der Waals surface area (Å²) in [6, 6.07) is 1.71. The molecule has 0 saturated carbocycles. The summed E-state index contributed by atoms with van der Waals surface area (Å²) in [6.07, 6.45) is 0.281. The molecule has 106 valence electrons. The van der Waals surface area contributed by atoms with Gasteiger partial charge in [0, 0.05) is 13.1 Å². The number of carbonyl (C=O) groups is 2. The fraction of sp³-hybridized carbons (Fsp3) is 0.750. The van der Waals surface area contributed by atoms with Crippen molar-refractivity contribution in [3.05, 3.63) is 0 Å². The summed E-state index contributed by atoms with van der Waals surface area (Å²) in [6.45, 7) is 3.95. The maximum Gasteiger partial charge on any atom is 0.329 e. The summed E-state index contributed by atoms with van der Waals surface area (Å²) in [4.78, 5) is 25.6. The normalized spacial score (nSPS) is 18.1. The van der Waals surface area contributed by atoms with Crippen LogP contribution in [-0.2, 0) is 9.53 Å². The second-order valence-electron chi connectivity index (χ2n) is 5.09. The molecule has 0 aromatic carbocycles. The summed E-state index contributed by atoms with van der Waals surface area (Å²) >= 11 is 0. The van der Waals surface area contributed by atoms with E-state index in [4.69, 9.17) is 15.1 Å². The van der Waals surface area contributed by atoms with Crippen molar-refractivity contribution in [2.24, 2.45) is 0 Å². The topological polar surface area (TPSA) is 93.9 Å². The van der Waals surface area contributed by atoms with Gasteiger partial charge in [0.1, 0.15) is 12.2 Å². The van der Waals surface area contributed by atoms with Gasteiger partial charge in [-0.05, 0) is 13.8 Å². The van der Waals surface area contributed by atoms with Crippen LogP contribution in [0.1, 0.15) is 20.3 Å². The van der Waals surface area contributed by atoms with Crippen molar-refractivity contribution in [2.45, 2.75) is 31.9 Å². The van der Waals surface area contributed by atoms with Crippen LogP contribution in [0, 0.1) is 11.3 Å². The predicted molar refractivity (Wildman–Crippen MR) is 66.4 cm³/mol. The van der Waals surface area contributed by atoms with E-state index in [1.165, 1.54) is 4.90 Å². The molecule has 2 amide bonds. The number of aliphatic carboxylic acids is 1. The molecule has 0 aromatic rings. The molecule has 1 atom stereocenters. The van der Waals surface area contributed by atoms with E-state index in [0.29, 0.717) is 13.1 Å². The van der Waals surface area contributed by atoms with Gasteiger partial charge in [-0.2, -0.15) is 5.26 Å². The molecule has 1 fully saturated rings. The smallest absolute Gasteiger partial charge is 0.329 e. The van der Waals surface area contributed by atoms with E-state index in [9.17, 15) is 9.59 Å². The number of hydrogen-bond donors (Lipinski definition) is 1. The highest BCUT2D eigenvalue weighted by molar-refractivity contribution is 5.76. The Morgan fingerprint density at radius 3 is 2.63 bits per heavy atom. The van der Waals surface area contributed by atoms with Crippen molar-refractivity contribution in [2.75, 3.05) is 26.7 Å². The Balaban J connectivity index is 2.43. The molecule has 7 heteroatoms. The summed E-state index contributed by atoms with van der Waals surface area (Å²) in [7, 11) is 1.65. The summed E-state index contributed by atoms with van der Waals surface area (Å²) < 4.78 is 5.23. The maximum atomic E-state index is 12.0. The monoisotopic (exact) mass is 269 g/mol. The molecule has 1 heterocycles. The predicted octanol–water partition coefficient (Wildman–Crippen LogP) is 0.516. The van der Waals surface area contributed by atoms with E-state index in [2.05, 4.69) is 0 Å². The Labute approximate surface area is 112 Å². The highest BCUT2D eigenvalue weighted by Gasteiger charge is 2.44. The van der Waals surface area contributed by atoms with E-state index in [1.54, 1.807) is 25.8 Å². The van der Waals surface area contributed by atoms with Crippen molar-refractivity contribution in [3.63, 3.8) is 0 Å². The van der Waals surface area contributed by atoms with E-state index >= 15 is 0 Å². The minimum atomic E-state index is -1.02. The van der Waals surface area contributed by atoms with Crippen LogP contribution < -0.4 is 0 Å². The van der Waals surface area contributed by atoms with E-state index in [-0.39, 0.29) is 25.1 Å². The molecule has 1 rings (SSSR count). The molecular weight excluding hydrogens is 250 g/mol. The second kappa shape index (κ2) is 5.89. The summed E-state index contributed by atoms with van der Waals surface area (Å²) in [5.74, 6) is -1.02. The lowest BCUT2D eigenvalue weighted by Gasteiger charge is -2.48. The van der Waals surface area contributed by atoms with Gasteiger partial charge < -0.3 is 19.6 Å². The Bertz CT molecular complexity index is 398. The number of urea groups is 1. The second-order valence-corrected chi connectivity index (χ2v) is 5.09. The number of amides is 2. The standard InChI is InChI=1S/C12H19N3O4/c1-9(4-5-13)14(3)11(18)15-7-12(2,8-15)19-6-10(16)17/h9H,4,6-8H2,1-3H3,(H,16,17). The third kappa shape index (κ3) is 3.83. The molecule has 0 spiro atoms. The molecule has 7 nitrogen and oxygen atoms in total. The number of carboxylic acid groups (broad SMARTS) is 1. The minimum absolute atomic E-state index is 0.149. The molecular formula is C12H19N3O4. The fourth-order valence-electron chi connectivity index (χ4n) is 1.90. The highest BCUT2D eigenvalue weighted by Crippen LogP contribution is 2.26. The van der Waals surface area contributed by atoms with Crippen LogP contribution in [0.2, 0.25) is 0 Å². The average Bonchev–Trinajstić information content (AvgIpc) is 2.31. The van der Waals surface area contributed by atoms with E-state index in [1.807, 2.05) is 6.07 Å². The van der Waals surface area contributed by atoms with Crippen LogP contribution in [0.15, 0.2) is 0 Å². The van der Waals surface area contributed by atoms with Crippen LogP contribution in [0.4, 0.5) is 4.79 Å². The lowest BCUT2D eigenvalue weighted by Crippen LogP contribution is -2.65. The van der Waals surface area contributed by atoms with Gasteiger partial charge >= 0.3 is 12.0 Å². The number of rotatable bonds is 5. The minimum Gasteiger partial charge on any atom is -0.480 e. The number of nitriles is 1. The van der Waals surface area contributed by atoms with Gasteiger partial charge in [0.2, 0.25) is 0 Å². The molecule has 0 aliphatic carbocycles. The Morgan fingerprint density at radius 2 is 2.16 bits per heavy atom. The highest BCUT2D eigenvalue weighted by atomic mass is 16.5. The molecule has 0 bridgehead atoms. The van der Waals surface area contributed by atoms with Crippen LogP contribution in [0.25, 0.3) is 0 Å². The SMILES string of the molecule is CC(CC#N)N(C)C(=O)N1CC(C)(OCC(=O)O)C1. The largest absolute Gasteiger partial charge is 0.480 e. The van der Waals surface area contributed by atoms with Crippen molar-refractivity contribution in [1.82, 2.24) is 9.80 Å². The first kappa shape index (κ1) is 15.2. The third-order valence-electron chi connectivity index (χ3n) is 3.21. The average molecular weight is 269 g/mol. The molecule has 1 N–H and O–H groups in total. The molecule has 19 heavy (non-hydrogen) atoms. The van der Waals surface area contributed by atoms with Crippen LogP contribution in [-0.4, -0.2) is 65.3 Å². The van der Waals surface area contributed by atoms with Crippen molar-refractivity contribution in [1.29, 1.82) is 5.26 Å². The Kier molecular flexibility index (Phi) is 4.72. The Morgan fingerprint density at radius 1 is 1.58 bits per heavy atom. The maximum absolute atomic E-state index is 12.0. The zero-order valence-corrected chi connectivity index (χ0v) is 11.4. The molecule has 1 unspecified atom stereocenters. The first-order valence-corrected chi connectivity index (χ1v) is 6.03.